The number of nitrogens with one attached hydrogen (secondary N) is 1. The Labute approximate surface area is 224 Å². The molecule has 0 aliphatic carbocycles. The SMILES string of the molecule is COc1ccccc1CNC(=O)C1c2c(C)nn(-c3ccccc3)c2SCC(=O)N1c1ccc(Cl)cc1. The molecule has 0 spiro atoms. The molecule has 3 aromatic carbocycles. The molecule has 0 bridgehead atoms. The molecular weight excluding hydrogens is 508 g/mol. The molecule has 37 heavy (non-hydrogen) atoms. The number of amides is 2. The maximum atomic E-state index is 14.0. The molecule has 2 amide bonds. The van der Waals surface area contributed by atoms with Gasteiger partial charge in [-0.25, -0.2) is 4.68 Å². The third-order valence-corrected chi connectivity index (χ3v) is 7.50. The number of para-hydroxylation sites is 2. The average molecular weight is 533 g/mol. The number of anilines is 1. The summed E-state index contributed by atoms with van der Waals surface area (Å²) in [5.41, 5.74) is 3.67. The molecule has 1 N–H and O–H groups in total. The molecule has 0 radical (unpaired) electrons. The number of aromatic nitrogens is 2. The van der Waals surface area contributed by atoms with Gasteiger partial charge in [-0.15, -0.1) is 0 Å². The summed E-state index contributed by atoms with van der Waals surface area (Å²) in [5.74, 6) is 0.344. The Balaban J connectivity index is 1.60. The number of aryl methyl sites for hydroxylation is 1. The average Bonchev–Trinajstić information content (AvgIpc) is 3.16. The largest absolute Gasteiger partial charge is 0.496 e. The van der Waals surface area contributed by atoms with Gasteiger partial charge in [-0.1, -0.05) is 59.8 Å². The number of carbonyl (C=O) groups excluding carboxylic acids is 2. The van der Waals surface area contributed by atoms with E-state index in [1.165, 1.54) is 11.8 Å². The van der Waals surface area contributed by atoms with Gasteiger partial charge >= 0.3 is 0 Å². The van der Waals surface area contributed by atoms with Gasteiger partial charge in [0.05, 0.1) is 24.2 Å². The predicted octanol–water partition coefficient (Wildman–Crippen LogP) is 5.34. The molecule has 4 aromatic rings. The molecule has 1 aliphatic heterocycles. The van der Waals surface area contributed by atoms with Crippen molar-refractivity contribution in [1.82, 2.24) is 15.1 Å². The highest BCUT2D eigenvalue weighted by molar-refractivity contribution is 8.00. The van der Waals surface area contributed by atoms with Crippen LogP contribution in [0.2, 0.25) is 5.02 Å². The standard InChI is InChI=1S/C28H25ClN4O3S/c1-18-25-26(27(35)30-16-19-8-6-7-11-23(19)36-2)32(21-14-12-20(29)13-15-21)24(34)17-37-28(25)33(31-18)22-9-4-3-5-10-22/h3-15,26H,16-17H2,1-2H3,(H,30,35). The lowest BCUT2D eigenvalue weighted by molar-refractivity contribution is -0.126. The predicted molar refractivity (Wildman–Crippen MR) is 146 cm³/mol. The summed E-state index contributed by atoms with van der Waals surface area (Å²) in [6.45, 7) is 2.12. The molecule has 0 saturated heterocycles. The minimum absolute atomic E-state index is 0.157. The van der Waals surface area contributed by atoms with E-state index in [4.69, 9.17) is 21.4 Å². The fraction of sp³-hybridized carbons (Fsp3) is 0.179. The maximum absolute atomic E-state index is 14.0. The molecule has 0 fully saturated rings. The number of hydrogen-bond acceptors (Lipinski definition) is 5. The van der Waals surface area contributed by atoms with Gasteiger partial charge in [0.1, 0.15) is 16.8 Å². The number of nitrogens with zero attached hydrogens (tertiary/aromatic N) is 3. The molecule has 7 nitrogen and oxygen atoms in total. The monoisotopic (exact) mass is 532 g/mol. The molecule has 1 aliphatic rings. The molecule has 1 aromatic heterocycles. The Morgan fingerprint density at radius 1 is 1.05 bits per heavy atom. The number of methoxy groups -OCH3 is 1. The van der Waals surface area contributed by atoms with Gasteiger partial charge in [-0.2, -0.15) is 5.10 Å². The summed E-state index contributed by atoms with van der Waals surface area (Å²) in [7, 11) is 1.59. The Morgan fingerprint density at radius 3 is 2.49 bits per heavy atom. The smallest absolute Gasteiger partial charge is 0.248 e. The Kier molecular flexibility index (Phi) is 7.21. The first-order valence-corrected chi connectivity index (χ1v) is 13.1. The van der Waals surface area contributed by atoms with Crippen LogP contribution in [0.3, 0.4) is 0 Å². The summed E-state index contributed by atoms with van der Waals surface area (Å²) in [5, 5.41) is 9.14. The summed E-state index contributed by atoms with van der Waals surface area (Å²) < 4.78 is 7.26. The van der Waals surface area contributed by atoms with Gasteiger partial charge in [0.2, 0.25) is 11.8 Å². The van der Waals surface area contributed by atoms with E-state index in [-0.39, 0.29) is 24.1 Å². The van der Waals surface area contributed by atoms with E-state index in [0.29, 0.717) is 27.7 Å². The fourth-order valence-electron chi connectivity index (χ4n) is 4.46. The van der Waals surface area contributed by atoms with Crippen LogP contribution in [-0.4, -0.2) is 34.5 Å². The van der Waals surface area contributed by atoms with Crippen LogP contribution in [0, 0.1) is 6.92 Å². The highest BCUT2D eigenvalue weighted by atomic mass is 35.5. The Hall–Kier alpha value is -3.75. The van der Waals surface area contributed by atoms with Crippen LogP contribution in [0.5, 0.6) is 5.75 Å². The van der Waals surface area contributed by atoms with Crippen molar-refractivity contribution in [2.45, 2.75) is 24.5 Å². The van der Waals surface area contributed by atoms with Crippen molar-refractivity contribution in [3.63, 3.8) is 0 Å². The zero-order chi connectivity index (χ0) is 25.9. The zero-order valence-corrected chi connectivity index (χ0v) is 21.9. The van der Waals surface area contributed by atoms with E-state index in [1.807, 2.05) is 66.2 Å². The normalized spacial score (nSPS) is 15.2. The van der Waals surface area contributed by atoms with Crippen molar-refractivity contribution < 1.29 is 14.3 Å². The molecular formula is C28H25ClN4O3S. The summed E-state index contributed by atoms with van der Waals surface area (Å²) >= 11 is 7.52. The van der Waals surface area contributed by atoms with Gasteiger partial charge in [-0.05, 0) is 49.4 Å². The van der Waals surface area contributed by atoms with Gasteiger partial charge < -0.3 is 10.1 Å². The molecule has 1 unspecified atom stereocenters. The maximum Gasteiger partial charge on any atom is 0.248 e. The molecule has 1 atom stereocenters. The van der Waals surface area contributed by atoms with Crippen molar-refractivity contribution in [2.75, 3.05) is 17.8 Å². The van der Waals surface area contributed by atoms with Crippen molar-refractivity contribution in [3.8, 4) is 11.4 Å². The number of rotatable bonds is 6. The number of fused-ring (bicyclic) bond motifs is 1. The number of benzene rings is 3. The van der Waals surface area contributed by atoms with Gasteiger partial charge in [0.25, 0.3) is 0 Å². The van der Waals surface area contributed by atoms with E-state index in [1.54, 1.807) is 36.3 Å². The summed E-state index contributed by atoms with van der Waals surface area (Å²) in [4.78, 5) is 29.1. The lowest BCUT2D eigenvalue weighted by atomic mass is 10.0. The quantitative estimate of drug-likeness (QED) is 0.363. The van der Waals surface area contributed by atoms with Crippen LogP contribution in [0.4, 0.5) is 5.69 Å². The van der Waals surface area contributed by atoms with Crippen molar-refractivity contribution in [1.29, 1.82) is 0 Å². The minimum Gasteiger partial charge on any atom is -0.496 e. The van der Waals surface area contributed by atoms with Crippen LogP contribution in [0.1, 0.15) is 22.9 Å². The van der Waals surface area contributed by atoms with Crippen molar-refractivity contribution in [2.24, 2.45) is 0 Å². The minimum atomic E-state index is -0.925. The highest BCUT2D eigenvalue weighted by Gasteiger charge is 2.40. The second kappa shape index (κ2) is 10.7. The van der Waals surface area contributed by atoms with Gasteiger partial charge in [-0.3, -0.25) is 14.5 Å². The first-order valence-electron chi connectivity index (χ1n) is 11.7. The number of thioether (sulfide) groups is 1. The first kappa shape index (κ1) is 24.9. The van der Waals surface area contributed by atoms with Crippen molar-refractivity contribution in [3.05, 3.63) is 101 Å². The van der Waals surface area contributed by atoms with E-state index in [9.17, 15) is 9.59 Å². The molecule has 2 heterocycles. The van der Waals surface area contributed by atoms with Crippen LogP contribution < -0.4 is 15.0 Å². The van der Waals surface area contributed by atoms with Crippen LogP contribution in [0.25, 0.3) is 5.69 Å². The molecule has 188 valence electrons. The third kappa shape index (κ3) is 4.95. The molecule has 0 saturated carbocycles. The molecule has 9 heteroatoms. The van der Waals surface area contributed by atoms with Crippen LogP contribution in [-0.2, 0) is 16.1 Å². The fourth-order valence-corrected chi connectivity index (χ4v) is 5.67. The van der Waals surface area contributed by atoms with Gasteiger partial charge in [0, 0.05) is 28.4 Å². The summed E-state index contributed by atoms with van der Waals surface area (Å²) in [6, 6.07) is 23.2. The summed E-state index contributed by atoms with van der Waals surface area (Å²) in [6.07, 6.45) is 0. The van der Waals surface area contributed by atoms with Crippen LogP contribution in [0.15, 0.2) is 83.9 Å². The Bertz CT molecular complexity index is 1440. The lowest BCUT2D eigenvalue weighted by Gasteiger charge is -2.30. The second-order valence-electron chi connectivity index (χ2n) is 8.51. The number of ether oxygens (including phenoxy) is 1. The van der Waals surface area contributed by atoms with E-state index < -0.39 is 6.04 Å². The van der Waals surface area contributed by atoms with Crippen LogP contribution >= 0.6 is 23.4 Å². The highest BCUT2D eigenvalue weighted by Crippen LogP contribution is 2.41. The van der Waals surface area contributed by atoms with E-state index >= 15 is 0 Å². The number of hydrogen-bond donors (Lipinski definition) is 1. The van der Waals surface area contributed by atoms with Crippen molar-refractivity contribution >= 4 is 40.9 Å². The zero-order valence-electron chi connectivity index (χ0n) is 20.3. The first-order chi connectivity index (χ1) is 18.0. The van der Waals surface area contributed by atoms with E-state index in [2.05, 4.69) is 5.32 Å². The molecule has 5 rings (SSSR count). The lowest BCUT2D eigenvalue weighted by Crippen LogP contribution is -2.44. The number of carbonyl (C=O) groups is 2. The number of halogens is 1. The third-order valence-electron chi connectivity index (χ3n) is 6.19. The van der Waals surface area contributed by atoms with E-state index in [0.717, 1.165) is 16.3 Å². The Morgan fingerprint density at radius 2 is 1.76 bits per heavy atom. The van der Waals surface area contributed by atoms with Gasteiger partial charge in [0.15, 0.2) is 0 Å². The topological polar surface area (TPSA) is 76.5 Å². The second-order valence-corrected chi connectivity index (χ2v) is 9.91.